The van der Waals surface area contributed by atoms with Gasteiger partial charge in [-0.15, -0.1) is 0 Å². The molecule has 0 heterocycles. The van der Waals surface area contributed by atoms with Crippen LogP contribution in [0.4, 0.5) is 0 Å². The molecule has 118 valence electrons. The Kier molecular flexibility index (Phi) is 6.63. The molecule has 0 saturated heterocycles. The molecule has 3 rings (SSSR count). The SMILES string of the molecule is C/C(=[CH]\[Zr+]([C]1=CC=CC1)[C]1=CC=CC1)c1cc(C)ccc1C.[Cl-]. The fraction of sp³-hybridized carbons (Fsp3) is 0.238. The third-order valence-corrected chi connectivity index (χ3v) is 11.4. The summed E-state index contributed by atoms with van der Waals surface area (Å²) in [5.74, 6) is 0. The maximum Gasteiger partial charge on any atom is -1.00 e. The van der Waals surface area contributed by atoms with Crippen LogP contribution in [-0.4, -0.2) is 0 Å². The smallest absolute Gasteiger partial charge is 1.00 e. The number of hydrogen-bond donors (Lipinski definition) is 0. The van der Waals surface area contributed by atoms with Crippen molar-refractivity contribution in [1.82, 2.24) is 0 Å². The molecule has 0 radical (unpaired) electrons. The van der Waals surface area contributed by atoms with E-state index in [-0.39, 0.29) is 12.4 Å². The summed E-state index contributed by atoms with van der Waals surface area (Å²) >= 11 is -1.83. The van der Waals surface area contributed by atoms with Gasteiger partial charge < -0.3 is 12.4 Å². The maximum atomic E-state index is 2.65. The van der Waals surface area contributed by atoms with Gasteiger partial charge >= 0.3 is 143 Å². The minimum Gasteiger partial charge on any atom is -1.00 e. The van der Waals surface area contributed by atoms with Gasteiger partial charge in [-0.1, -0.05) is 0 Å². The molecule has 1 aromatic rings. The molecular formula is C21H23ClZr. The zero-order valence-corrected chi connectivity index (χ0v) is 17.3. The average Bonchev–Trinajstić information content (AvgIpc) is 3.20. The molecule has 0 N–H and O–H groups in total. The number of halogens is 1. The summed E-state index contributed by atoms with van der Waals surface area (Å²) in [6.45, 7) is 6.71. The van der Waals surface area contributed by atoms with E-state index in [1.165, 1.54) is 35.1 Å². The van der Waals surface area contributed by atoms with E-state index in [4.69, 9.17) is 0 Å². The summed E-state index contributed by atoms with van der Waals surface area (Å²) in [6.07, 6.45) is 16.2. The Morgan fingerprint density at radius 2 is 1.61 bits per heavy atom. The molecule has 0 aromatic heterocycles. The molecule has 23 heavy (non-hydrogen) atoms. The Bertz CT molecular complexity index is 702. The van der Waals surface area contributed by atoms with Crippen molar-refractivity contribution >= 4 is 5.57 Å². The van der Waals surface area contributed by atoms with Crippen LogP contribution in [0.5, 0.6) is 0 Å². The van der Waals surface area contributed by atoms with Gasteiger partial charge in [-0.3, -0.25) is 0 Å². The fourth-order valence-corrected chi connectivity index (χ4v) is 9.53. The normalized spacial score (nSPS) is 16.2. The van der Waals surface area contributed by atoms with Crippen LogP contribution < -0.4 is 12.4 Å². The van der Waals surface area contributed by atoms with E-state index in [0.717, 1.165) is 0 Å². The number of hydrogen-bond acceptors (Lipinski definition) is 0. The molecule has 0 nitrogen and oxygen atoms in total. The molecule has 0 bridgehead atoms. The molecular weight excluding hydrogens is 379 g/mol. The zero-order valence-electron chi connectivity index (χ0n) is 14.1. The summed E-state index contributed by atoms with van der Waals surface area (Å²) < 4.78 is 6.07. The third kappa shape index (κ3) is 4.34. The second-order valence-electron chi connectivity index (χ2n) is 6.21. The van der Waals surface area contributed by atoms with Gasteiger partial charge in [-0.2, -0.15) is 0 Å². The predicted octanol–water partition coefficient (Wildman–Crippen LogP) is 2.97. The van der Waals surface area contributed by atoms with Crippen molar-refractivity contribution in [3.8, 4) is 0 Å². The van der Waals surface area contributed by atoms with Gasteiger partial charge in [0.25, 0.3) is 0 Å². The largest absolute Gasteiger partial charge is 1.00 e. The van der Waals surface area contributed by atoms with E-state index in [0.29, 0.717) is 0 Å². The van der Waals surface area contributed by atoms with Crippen molar-refractivity contribution in [2.75, 3.05) is 0 Å². The van der Waals surface area contributed by atoms with Crippen LogP contribution in [0.15, 0.2) is 65.0 Å². The molecule has 1 aromatic carbocycles. The average molecular weight is 402 g/mol. The van der Waals surface area contributed by atoms with E-state index in [9.17, 15) is 0 Å². The van der Waals surface area contributed by atoms with Crippen molar-refractivity contribution in [2.24, 2.45) is 0 Å². The first-order chi connectivity index (χ1) is 10.6. The minimum absolute atomic E-state index is 0. The van der Waals surface area contributed by atoms with E-state index >= 15 is 0 Å². The van der Waals surface area contributed by atoms with Gasteiger partial charge in [0.1, 0.15) is 0 Å². The van der Waals surface area contributed by atoms with E-state index in [2.05, 4.69) is 79.2 Å². The standard InChI is InChI=1S/C11H13.2C5H5.ClH.Zr/c1-8(2)11-7-9(3)5-6-10(11)4;2*1-2-4-5-3-1;;/h1,5-7H,2-4H3;2*1-3H,4H2;1H;/q;;;;+1/p-1. The first-order valence-corrected chi connectivity index (χ1v) is 11.9. The molecule has 0 unspecified atom stereocenters. The van der Waals surface area contributed by atoms with Crippen LogP contribution in [0, 0.1) is 13.8 Å². The van der Waals surface area contributed by atoms with Crippen LogP contribution >= 0.6 is 0 Å². The second-order valence-corrected chi connectivity index (χ2v) is 12.1. The topological polar surface area (TPSA) is 0 Å². The monoisotopic (exact) mass is 400 g/mol. The molecule has 0 atom stereocenters. The second kappa shape index (κ2) is 8.27. The first kappa shape index (κ1) is 18.4. The van der Waals surface area contributed by atoms with Gasteiger partial charge in [-0.25, -0.2) is 0 Å². The van der Waals surface area contributed by atoms with Gasteiger partial charge in [0.15, 0.2) is 0 Å². The molecule has 0 saturated carbocycles. The van der Waals surface area contributed by atoms with E-state index in [1.54, 1.807) is 6.56 Å². The van der Waals surface area contributed by atoms with E-state index < -0.39 is 21.8 Å². The van der Waals surface area contributed by atoms with Gasteiger partial charge in [0.2, 0.25) is 0 Å². The van der Waals surface area contributed by atoms with Crippen LogP contribution in [0.3, 0.4) is 0 Å². The summed E-state index contributed by atoms with van der Waals surface area (Å²) in [5, 5.41) is 0. The molecule has 2 aliphatic carbocycles. The summed E-state index contributed by atoms with van der Waals surface area (Å²) in [5.41, 5.74) is 5.63. The molecule has 2 heteroatoms. The van der Waals surface area contributed by atoms with Crippen molar-refractivity contribution < 1.29 is 34.2 Å². The molecule has 2 aliphatic rings. The van der Waals surface area contributed by atoms with Crippen LogP contribution in [0.2, 0.25) is 0 Å². The fourth-order valence-electron chi connectivity index (χ4n) is 3.14. The maximum absolute atomic E-state index is 2.65. The summed E-state index contributed by atoms with van der Waals surface area (Å²) in [4.78, 5) is 0. The Morgan fingerprint density at radius 1 is 1.00 bits per heavy atom. The molecule has 0 fully saturated rings. The zero-order chi connectivity index (χ0) is 15.5. The summed E-state index contributed by atoms with van der Waals surface area (Å²) in [6, 6.07) is 6.79. The Hall–Kier alpha value is -0.907. The van der Waals surface area contributed by atoms with Gasteiger partial charge in [-0.05, 0) is 0 Å². The quantitative estimate of drug-likeness (QED) is 0.727. The minimum atomic E-state index is -1.83. The Labute approximate surface area is 154 Å². The number of aryl methyl sites for hydroxylation is 2. The Balaban J connectivity index is 0.00000192. The Morgan fingerprint density at radius 3 is 2.13 bits per heavy atom. The van der Waals surface area contributed by atoms with Crippen molar-refractivity contribution in [3.05, 3.63) is 81.7 Å². The van der Waals surface area contributed by atoms with Gasteiger partial charge in [0, 0.05) is 0 Å². The van der Waals surface area contributed by atoms with Crippen LogP contribution in [-0.2, 0) is 21.8 Å². The molecule has 0 spiro atoms. The molecule has 0 amide bonds. The predicted molar refractivity (Wildman–Crippen MR) is 93.2 cm³/mol. The van der Waals surface area contributed by atoms with Crippen molar-refractivity contribution in [1.29, 1.82) is 0 Å². The van der Waals surface area contributed by atoms with Crippen molar-refractivity contribution in [2.45, 2.75) is 33.6 Å². The van der Waals surface area contributed by atoms with Gasteiger partial charge in [0.05, 0.1) is 0 Å². The number of benzene rings is 1. The first-order valence-electron chi connectivity index (χ1n) is 8.00. The number of rotatable bonds is 4. The van der Waals surface area contributed by atoms with E-state index in [1.807, 2.05) is 0 Å². The molecule has 0 aliphatic heterocycles. The number of allylic oxidation sites excluding steroid dienone is 9. The van der Waals surface area contributed by atoms with Crippen LogP contribution in [0.1, 0.15) is 36.5 Å². The van der Waals surface area contributed by atoms with Crippen molar-refractivity contribution in [3.63, 3.8) is 0 Å². The third-order valence-electron chi connectivity index (χ3n) is 4.41. The summed E-state index contributed by atoms with van der Waals surface area (Å²) in [7, 11) is 0. The van der Waals surface area contributed by atoms with Crippen LogP contribution in [0.25, 0.3) is 5.57 Å².